The molecule has 0 aliphatic carbocycles. The van der Waals surface area contributed by atoms with Crippen molar-refractivity contribution >= 4 is 22.0 Å². The molecule has 0 aromatic heterocycles. The second-order valence-corrected chi connectivity index (χ2v) is 1.45. The third-order valence-electron chi connectivity index (χ3n) is 0.655. The van der Waals surface area contributed by atoms with Gasteiger partial charge in [-0.15, -0.1) is 0 Å². The topological polar surface area (TPSA) is 9.23 Å². The van der Waals surface area contributed by atoms with Gasteiger partial charge in [0, 0.05) is 35.7 Å². The quantitative estimate of drug-likeness (QED) is 0.424. The molecule has 0 amide bonds. The van der Waals surface area contributed by atoms with Crippen LogP contribution < -0.4 is 0 Å². The molecule has 0 N–H and O–H groups in total. The van der Waals surface area contributed by atoms with Crippen molar-refractivity contribution in [3.63, 3.8) is 0 Å². The lowest BCUT2D eigenvalue weighted by atomic mass is 9.18. The Morgan fingerprint density at radius 1 is 1.57 bits per heavy atom. The molecule has 0 atom stereocenters. The van der Waals surface area contributed by atoms with E-state index >= 15 is 0 Å². The Labute approximate surface area is 47.7 Å². The van der Waals surface area contributed by atoms with Crippen molar-refractivity contribution in [2.45, 2.75) is 6.32 Å². The van der Waals surface area contributed by atoms with Gasteiger partial charge >= 0.3 is 0 Å². The summed E-state index contributed by atoms with van der Waals surface area (Å²) in [5.41, 5.74) is 0. The van der Waals surface area contributed by atoms with Gasteiger partial charge in [-0.3, -0.25) is 0 Å². The predicted octanol–water partition coefficient (Wildman–Crippen LogP) is -0.542. The lowest BCUT2D eigenvalue weighted by Gasteiger charge is -1.97. The van der Waals surface area contributed by atoms with Crippen LogP contribution in [-0.2, 0) is 4.74 Å². The largest absolute Gasteiger partial charge is 0.385 e. The molecule has 4 radical (unpaired) electrons. The van der Waals surface area contributed by atoms with Gasteiger partial charge in [0.2, 0.25) is 0 Å². The zero-order valence-corrected chi connectivity index (χ0v) is 4.55. The monoisotopic (exact) mass is 92.1 g/mol. The van der Waals surface area contributed by atoms with E-state index in [2.05, 4.69) is 0 Å². The van der Waals surface area contributed by atoms with Crippen LogP contribution in [0.15, 0.2) is 0 Å². The number of hydrogen-bond acceptors (Lipinski definition) is 1. The lowest BCUT2D eigenvalue weighted by Crippen LogP contribution is -2.14. The van der Waals surface area contributed by atoms with E-state index in [1.807, 2.05) is 0 Å². The van der Waals surface area contributed by atoms with Gasteiger partial charge < -0.3 is 4.74 Å². The molecule has 0 heterocycles. The summed E-state index contributed by atoms with van der Waals surface area (Å²) in [6.07, 6.45) is 0.733. The van der Waals surface area contributed by atoms with E-state index in [0.29, 0.717) is 6.61 Å². The van der Waals surface area contributed by atoms with Crippen LogP contribution in [0.1, 0.15) is 0 Å². The predicted molar refractivity (Wildman–Crippen MR) is 33.9 cm³/mol. The number of rotatable bonds is 3. The summed E-state index contributed by atoms with van der Waals surface area (Å²) < 4.78 is 4.69. The fourth-order valence-corrected chi connectivity index (χ4v) is 0.254. The van der Waals surface area contributed by atoms with Crippen molar-refractivity contribution in [3.8, 4) is 0 Å². The smallest absolute Gasteiger partial charge is 0.0481 e. The average molecular weight is 91.5 g/mol. The summed E-state index contributed by atoms with van der Waals surface area (Å²) in [5, 5.41) is 0. The second kappa shape index (κ2) is 4.32. The minimum Gasteiger partial charge on any atom is -0.385 e. The second-order valence-electron chi connectivity index (χ2n) is 1.45. The van der Waals surface area contributed by atoms with Gasteiger partial charge in [0.25, 0.3) is 0 Å². The van der Waals surface area contributed by atoms with Crippen LogP contribution in [0.2, 0.25) is 6.32 Å². The molecule has 0 rings (SSSR count). The summed E-state index contributed by atoms with van der Waals surface area (Å²) in [6, 6.07) is 0. The maximum absolute atomic E-state index is 5.18. The molecule has 0 aliphatic heterocycles. The highest BCUT2D eigenvalue weighted by Gasteiger charge is 1.92. The first-order chi connectivity index (χ1) is 3.27. The Balaban J connectivity index is 2.68. The molecular weight excluding hydrogens is 84.5 g/mol. The van der Waals surface area contributed by atoms with Crippen molar-refractivity contribution < 1.29 is 4.74 Å². The van der Waals surface area contributed by atoms with Gasteiger partial charge in [0.05, 0.1) is 0 Å². The third-order valence-corrected chi connectivity index (χ3v) is 0.655. The zero-order chi connectivity index (χ0) is 5.70. The Bertz CT molecular complexity index is 39.2. The SMILES string of the molecule is [B]B([B])CCOC. The van der Waals surface area contributed by atoms with Crippen molar-refractivity contribution in [2.24, 2.45) is 0 Å². The summed E-state index contributed by atoms with van der Waals surface area (Å²) >= 11 is 0. The standard InChI is InChI=1S/C3H7B3O/c1-7-3-2-6(4)5/h2-3H2,1H3. The maximum Gasteiger partial charge on any atom is 0.0481 e. The molecular formula is C3H7B3O. The van der Waals surface area contributed by atoms with E-state index < -0.39 is 0 Å². The van der Waals surface area contributed by atoms with Crippen LogP contribution in [0.4, 0.5) is 0 Å². The summed E-state index contributed by atoms with van der Waals surface area (Å²) in [4.78, 5) is 0. The molecule has 0 aromatic carbocycles. The normalized spacial score (nSPS) is 8.71. The number of ether oxygens (including phenoxy) is 1. The van der Waals surface area contributed by atoms with Gasteiger partial charge in [0.15, 0.2) is 0 Å². The van der Waals surface area contributed by atoms with Crippen molar-refractivity contribution in [2.75, 3.05) is 13.7 Å². The molecule has 0 bridgehead atoms. The molecule has 0 saturated carbocycles. The van der Waals surface area contributed by atoms with Crippen molar-refractivity contribution in [1.29, 1.82) is 0 Å². The van der Waals surface area contributed by atoms with Crippen LogP contribution in [0.3, 0.4) is 0 Å². The zero-order valence-electron chi connectivity index (χ0n) is 4.55. The highest BCUT2D eigenvalue weighted by Crippen LogP contribution is 1.80. The van der Waals surface area contributed by atoms with E-state index in [0.717, 1.165) is 6.32 Å². The molecule has 0 unspecified atom stereocenters. The lowest BCUT2D eigenvalue weighted by molar-refractivity contribution is 0.215. The first-order valence-electron chi connectivity index (χ1n) is 2.27. The molecule has 7 heavy (non-hydrogen) atoms. The van der Waals surface area contributed by atoms with Crippen LogP contribution in [0, 0.1) is 0 Å². The molecule has 1 nitrogen and oxygen atoms in total. The molecule has 0 saturated heterocycles. The Hall–Kier alpha value is 0.155. The molecule has 34 valence electrons. The van der Waals surface area contributed by atoms with E-state index in [-0.39, 0.29) is 6.49 Å². The average Bonchev–Trinajstić information content (AvgIpc) is 1.61. The van der Waals surface area contributed by atoms with Crippen molar-refractivity contribution in [1.82, 2.24) is 0 Å². The van der Waals surface area contributed by atoms with Crippen molar-refractivity contribution in [3.05, 3.63) is 0 Å². The minimum absolute atomic E-state index is 0.222. The van der Waals surface area contributed by atoms with E-state index in [4.69, 9.17) is 20.2 Å². The number of hydrogen-bond donors (Lipinski definition) is 0. The highest BCUT2D eigenvalue weighted by molar-refractivity contribution is 7.29. The van der Waals surface area contributed by atoms with Crippen LogP contribution in [0.25, 0.3) is 0 Å². The van der Waals surface area contributed by atoms with E-state index in [1.165, 1.54) is 0 Å². The number of methoxy groups -OCH3 is 1. The Morgan fingerprint density at radius 2 is 2.14 bits per heavy atom. The van der Waals surface area contributed by atoms with E-state index in [1.54, 1.807) is 7.11 Å². The fraction of sp³-hybridized carbons (Fsp3) is 1.00. The van der Waals surface area contributed by atoms with Crippen LogP contribution in [-0.4, -0.2) is 35.7 Å². The van der Waals surface area contributed by atoms with E-state index in [9.17, 15) is 0 Å². The summed E-state index contributed by atoms with van der Waals surface area (Å²) in [7, 11) is 12.0. The van der Waals surface area contributed by atoms with Crippen LogP contribution >= 0.6 is 0 Å². The Kier molecular flexibility index (Phi) is 4.41. The molecule has 0 aliphatic rings. The third kappa shape index (κ3) is 6.15. The first-order valence-corrected chi connectivity index (χ1v) is 2.27. The van der Waals surface area contributed by atoms with Gasteiger partial charge in [-0.1, -0.05) is 6.32 Å². The molecule has 0 fully saturated rings. The summed E-state index contributed by atoms with van der Waals surface area (Å²) in [5.74, 6) is 0. The minimum atomic E-state index is -0.222. The van der Waals surface area contributed by atoms with Crippen LogP contribution in [0.5, 0.6) is 0 Å². The fourth-order valence-electron chi connectivity index (χ4n) is 0.254. The maximum atomic E-state index is 5.18. The highest BCUT2D eigenvalue weighted by atomic mass is 16.5. The Morgan fingerprint density at radius 3 is 2.29 bits per heavy atom. The summed E-state index contributed by atoms with van der Waals surface area (Å²) in [6.45, 7) is 0.428. The molecule has 4 heteroatoms. The molecule has 0 aromatic rings. The van der Waals surface area contributed by atoms with Gasteiger partial charge in [-0.2, -0.15) is 0 Å². The molecule has 0 spiro atoms. The first kappa shape index (κ1) is 7.15. The van der Waals surface area contributed by atoms with Gasteiger partial charge in [-0.25, -0.2) is 0 Å². The van der Waals surface area contributed by atoms with Gasteiger partial charge in [-0.05, 0) is 0 Å². The van der Waals surface area contributed by atoms with Gasteiger partial charge in [0.1, 0.15) is 0 Å².